The van der Waals surface area contributed by atoms with Gasteiger partial charge in [0.2, 0.25) is 0 Å². The van der Waals surface area contributed by atoms with Crippen molar-refractivity contribution in [3.8, 4) is 0 Å². The van der Waals surface area contributed by atoms with Gasteiger partial charge < -0.3 is 10.2 Å². The lowest BCUT2D eigenvalue weighted by Gasteiger charge is -2.20. The molecule has 1 aromatic heterocycles. The van der Waals surface area contributed by atoms with Crippen LogP contribution in [0.2, 0.25) is 0 Å². The number of hydrogen-bond donors (Lipinski definition) is 1. The molecule has 20 heavy (non-hydrogen) atoms. The Morgan fingerprint density at radius 2 is 2.15 bits per heavy atom. The highest BCUT2D eigenvalue weighted by molar-refractivity contribution is 7.09. The predicted molar refractivity (Wildman–Crippen MR) is 86.1 cm³/mol. The van der Waals surface area contributed by atoms with Gasteiger partial charge in [0.05, 0.1) is 5.69 Å². The monoisotopic (exact) mass is 296 g/mol. The van der Waals surface area contributed by atoms with Crippen LogP contribution in [0.15, 0.2) is 5.38 Å². The van der Waals surface area contributed by atoms with Crippen LogP contribution in [0.1, 0.15) is 36.9 Å². The third-order valence-electron chi connectivity index (χ3n) is 3.63. The topological polar surface area (TPSA) is 31.4 Å². The van der Waals surface area contributed by atoms with E-state index < -0.39 is 0 Å². The van der Waals surface area contributed by atoms with Gasteiger partial charge in [-0.25, -0.2) is 4.98 Å². The minimum absolute atomic E-state index is 0.764. The summed E-state index contributed by atoms with van der Waals surface area (Å²) in [6.45, 7) is 7.58. The molecule has 0 radical (unpaired) electrons. The second-order valence-electron chi connectivity index (χ2n) is 5.91. The molecular formula is C15H28N4S. The lowest BCUT2D eigenvalue weighted by atomic mass is 10.3. The first-order valence-corrected chi connectivity index (χ1v) is 8.59. The maximum absolute atomic E-state index is 4.74. The van der Waals surface area contributed by atoms with Crippen molar-refractivity contribution in [2.75, 3.05) is 33.7 Å². The molecule has 0 atom stereocenters. The van der Waals surface area contributed by atoms with E-state index in [-0.39, 0.29) is 0 Å². The number of hydrogen-bond acceptors (Lipinski definition) is 5. The van der Waals surface area contributed by atoms with Crippen molar-refractivity contribution in [2.45, 2.75) is 45.3 Å². The van der Waals surface area contributed by atoms with E-state index in [9.17, 15) is 0 Å². The first kappa shape index (κ1) is 15.9. The van der Waals surface area contributed by atoms with Gasteiger partial charge in [0, 0.05) is 24.5 Å². The van der Waals surface area contributed by atoms with E-state index >= 15 is 0 Å². The highest BCUT2D eigenvalue weighted by Gasteiger charge is 2.20. The molecular weight excluding hydrogens is 268 g/mol. The van der Waals surface area contributed by atoms with Crippen LogP contribution < -0.4 is 5.32 Å². The van der Waals surface area contributed by atoms with Crippen LogP contribution >= 0.6 is 11.3 Å². The van der Waals surface area contributed by atoms with Crippen molar-refractivity contribution in [1.82, 2.24) is 20.1 Å². The van der Waals surface area contributed by atoms with E-state index in [2.05, 4.69) is 41.5 Å². The van der Waals surface area contributed by atoms with Crippen molar-refractivity contribution in [3.63, 3.8) is 0 Å². The molecule has 0 bridgehead atoms. The Morgan fingerprint density at radius 1 is 1.35 bits per heavy atom. The highest BCUT2D eigenvalue weighted by atomic mass is 32.1. The summed E-state index contributed by atoms with van der Waals surface area (Å²) in [4.78, 5) is 9.48. The normalized spacial score (nSPS) is 15.4. The molecule has 1 fully saturated rings. The standard InChI is InChI=1S/C15H28N4S/c1-4-19(9-5-8-18(2)3)11-14-12-20-15(17-14)10-16-13-6-7-13/h12-13,16H,4-11H2,1-3H3. The Bertz CT molecular complexity index is 387. The fourth-order valence-electron chi connectivity index (χ4n) is 2.21. The second kappa shape index (κ2) is 8.08. The molecule has 1 saturated carbocycles. The van der Waals surface area contributed by atoms with E-state index in [1.807, 2.05) is 0 Å². The first-order valence-electron chi connectivity index (χ1n) is 7.71. The molecule has 1 heterocycles. The maximum Gasteiger partial charge on any atom is 0.107 e. The van der Waals surface area contributed by atoms with Crippen LogP contribution in [0.25, 0.3) is 0 Å². The molecule has 2 rings (SSSR count). The van der Waals surface area contributed by atoms with Gasteiger partial charge in [-0.1, -0.05) is 6.92 Å². The van der Waals surface area contributed by atoms with E-state index in [1.54, 1.807) is 11.3 Å². The van der Waals surface area contributed by atoms with Crippen LogP contribution in [0.4, 0.5) is 0 Å². The summed E-state index contributed by atoms with van der Waals surface area (Å²) in [5.74, 6) is 0. The summed E-state index contributed by atoms with van der Waals surface area (Å²) in [6.07, 6.45) is 3.91. The molecule has 1 N–H and O–H groups in total. The van der Waals surface area contributed by atoms with Gasteiger partial charge in [0.15, 0.2) is 0 Å². The van der Waals surface area contributed by atoms with Gasteiger partial charge in [-0.2, -0.15) is 0 Å². The molecule has 0 amide bonds. The van der Waals surface area contributed by atoms with Crippen molar-refractivity contribution >= 4 is 11.3 Å². The van der Waals surface area contributed by atoms with Crippen molar-refractivity contribution in [1.29, 1.82) is 0 Å². The zero-order chi connectivity index (χ0) is 14.4. The molecule has 1 aliphatic carbocycles. The Kier molecular flexibility index (Phi) is 6.42. The summed E-state index contributed by atoms with van der Waals surface area (Å²) in [6, 6.07) is 0.764. The van der Waals surface area contributed by atoms with E-state index in [1.165, 1.54) is 30.0 Å². The van der Waals surface area contributed by atoms with Gasteiger partial charge in [-0.3, -0.25) is 4.90 Å². The number of thiazole rings is 1. The molecule has 0 aliphatic heterocycles. The molecule has 0 unspecified atom stereocenters. The van der Waals surface area contributed by atoms with Gasteiger partial charge in [0.1, 0.15) is 5.01 Å². The Balaban J connectivity index is 1.71. The van der Waals surface area contributed by atoms with Crippen LogP contribution in [-0.2, 0) is 13.1 Å². The molecule has 0 aromatic carbocycles. The lowest BCUT2D eigenvalue weighted by Crippen LogP contribution is -2.27. The average Bonchev–Trinajstić information content (AvgIpc) is 3.14. The Morgan fingerprint density at radius 3 is 2.80 bits per heavy atom. The lowest BCUT2D eigenvalue weighted by molar-refractivity contribution is 0.257. The zero-order valence-corrected chi connectivity index (χ0v) is 13.9. The molecule has 114 valence electrons. The molecule has 4 nitrogen and oxygen atoms in total. The highest BCUT2D eigenvalue weighted by Crippen LogP contribution is 2.20. The minimum Gasteiger partial charge on any atom is -0.309 e. The van der Waals surface area contributed by atoms with Crippen molar-refractivity contribution < 1.29 is 0 Å². The van der Waals surface area contributed by atoms with Crippen LogP contribution in [-0.4, -0.2) is 54.6 Å². The summed E-state index contributed by atoms with van der Waals surface area (Å²) >= 11 is 1.79. The fourth-order valence-corrected chi connectivity index (χ4v) is 2.95. The third kappa shape index (κ3) is 5.87. The van der Waals surface area contributed by atoms with Crippen LogP contribution in [0, 0.1) is 0 Å². The summed E-state index contributed by atoms with van der Waals surface area (Å²) in [5, 5.41) is 6.98. The number of aromatic nitrogens is 1. The maximum atomic E-state index is 4.74. The molecule has 0 saturated heterocycles. The van der Waals surface area contributed by atoms with E-state index in [0.717, 1.165) is 38.8 Å². The van der Waals surface area contributed by atoms with Crippen LogP contribution in [0.5, 0.6) is 0 Å². The van der Waals surface area contributed by atoms with Gasteiger partial charge in [-0.05, 0) is 53.0 Å². The molecule has 0 spiro atoms. The van der Waals surface area contributed by atoms with Gasteiger partial charge in [0.25, 0.3) is 0 Å². The zero-order valence-electron chi connectivity index (χ0n) is 13.1. The molecule has 1 aliphatic rings. The van der Waals surface area contributed by atoms with Gasteiger partial charge in [-0.15, -0.1) is 11.3 Å². The Labute approximate surface area is 127 Å². The number of rotatable bonds is 10. The van der Waals surface area contributed by atoms with E-state index in [0.29, 0.717) is 0 Å². The first-order chi connectivity index (χ1) is 9.67. The molecule has 1 aromatic rings. The van der Waals surface area contributed by atoms with Crippen LogP contribution in [0.3, 0.4) is 0 Å². The quantitative estimate of drug-likeness (QED) is 0.717. The smallest absolute Gasteiger partial charge is 0.107 e. The number of nitrogens with zero attached hydrogens (tertiary/aromatic N) is 3. The second-order valence-corrected chi connectivity index (χ2v) is 6.86. The summed E-state index contributed by atoms with van der Waals surface area (Å²) in [7, 11) is 4.27. The van der Waals surface area contributed by atoms with Gasteiger partial charge >= 0.3 is 0 Å². The minimum atomic E-state index is 0.764. The Hall–Kier alpha value is -0.490. The summed E-state index contributed by atoms with van der Waals surface area (Å²) < 4.78 is 0. The third-order valence-corrected chi connectivity index (χ3v) is 4.53. The number of nitrogens with one attached hydrogen (secondary N) is 1. The molecule has 5 heteroatoms. The van der Waals surface area contributed by atoms with Crippen molar-refractivity contribution in [2.24, 2.45) is 0 Å². The summed E-state index contributed by atoms with van der Waals surface area (Å²) in [5.41, 5.74) is 1.23. The van der Waals surface area contributed by atoms with E-state index in [4.69, 9.17) is 4.98 Å². The fraction of sp³-hybridized carbons (Fsp3) is 0.800. The predicted octanol–water partition coefficient (Wildman–Crippen LogP) is 2.17. The average molecular weight is 296 g/mol. The SMILES string of the molecule is CCN(CCCN(C)C)Cc1csc(CNC2CC2)n1. The largest absolute Gasteiger partial charge is 0.309 e. The van der Waals surface area contributed by atoms with Crippen molar-refractivity contribution in [3.05, 3.63) is 16.1 Å².